The normalized spacial score (nSPS) is 13.6. The van der Waals surface area contributed by atoms with Crippen molar-refractivity contribution in [3.63, 3.8) is 0 Å². The van der Waals surface area contributed by atoms with Crippen molar-refractivity contribution in [3.05, 3.63) is 23.1 Å². The van der Waals surface area contributed by atoms with Crippen molar-refractivity contribution in [2.45, 2.75) is 5.92 Å². The molecule has 13 heavy (non-hydrogen) atoms. The van der Waals surface area contributed by atoms with Crippen molar-refractivity contribution in [1.82, 2.24) is 4.90 Å². The number of hydrogen-bond donors (Lipinski definition) is 1. The maximum atomic E-state index is 5.68. The fraction of sp³-hybridized carbons (Fsp3) is 0.556. The summed E-state index contributed by atoms with van der Waals surface area (Å²) in [6.07, 6.45) is 0. The van der Waals surface area contributed by atoms with Crippen LogP contribution in [0, 0.1) is 0 Å². The van der Waals surface area contributed by atoms with Crippen LogP contribution in [0.25, 0.3) is 0 Å². The van der Waals surface area contributed by atoms with E-state index in [4.69, 9.17) is 21.8 Å². The fourth-order valence-electron chi connectivity index (χ4n) is 1.27. The van der Waals surface area contributed by atoms with E-state index in [-0.39, 0.29) is 5.92 Å². The quantitative estimate of drug-likeness (QED) is 0.806. The lowest BCUT2D eigenvalue weighted by molar-refractivity contribution is 0.344. The molecule has 0 fully saturated rings. The van der Waals surface area contributed by atoms with E-state index in [1.807, 2.05) is 20.2 Å². The van der Waals surface area contributed by atoms with Crippen LogP contribution in [0.4, 0.5) is 0 Å². The van der Waals surface area contributed by atoms with Crippen molar-refractivity contribution < 1.29 is 4.42 Å². The Balaban J connectivity index is 2.66. The first-order valence-corrected chi connectivity index (χ1v) is 4.61. The van der Waals surface area contributed by atoms with Gasteiger partial charge in [-0.15, -0.1) is 0 Å². The molecule has 1 aromatic rings. The predicted molar refractivity (Wildman–Crippen MR) is 54.1 cm³/mol. The minimum atomic E-state index is 0.225. The van der Waals surface area contributed by atoms with Crippen molar-refractivity contribution >= 4 is 11.6 Å². The number of likely N-dealkylation sites (N-methyl/N-ethyl adjacent to an activating group) is 1. The van der Waals surface area contributed by atoms with E-state index in [1.54, 1.807) is 6.07 Å². The first-order valence-electron chi connectivity index (χ1n) is 4.23. The molecule has 1 rings (SSSR count). The van der Waals surface area contributed by atoms with Gasteiger partial charge in [-0.25, -0.2) is 0 Å². The van der Waals surface area contributed by atoms with Gasteiger partial charge >= 0.3 is 0 Å². The van der Waals surface area contributed by atoms with Crippen LogP contribution in [-0.4, -0.2) is 32.1 Å². The van der Waals surface area contributed by atoms with E-state index in [1.165, 1.54) is 0 Å². The summed E-state index contributed by atoms with van der Waals surface area (Å²) in [5.41, 5.74) is 5.63. The Labute approximate surface area is 83.5 Å². The van der Waals surface area contributed by atoms with Gasteiger partial charge in [-0.3, -0.25) is 0 Å². The molecule has 3 nitrogen and oxygen atoms in total. The monoisotopic (exact) mass is 202 g/mol. The molecule has 0 aliphatic carbocycles. The third-order valence-corrected chi connectivity index (χ3v) is 2.07. The lowest BCUT2D eigenvalue weighted by Crippen LogP contribution is -2.25. The molecule has 4 heteroatoms. The van der Waals surface area contributed by atoms with Gasteiger partial charge in [0, 0.05) is 19.0 Å². The second-order valence-electron chi connectivity index (χ2n) is 3.34. The summed E-state index contributed by atoms with van der Waals surface area (Å²) < 4.78 is 5.30. The Morgan fingerprint density at radius 2 is 2.23 bits per heavy atom. The van der Waals surface area contributed by atoms with Gasteiger partial charge in [0.15, 0.2) is 5.22 Å². The second-order valence-corrected chi connectivity index (χ2v) is 3.71. The Hall–Kier alpha value is -0.510. The summed E-state index contributed by atoms with van der Waals surface area (Å²) in [6.45, 7) is 1.45. The van der Waals surface area contributed by atoms with Crippen LogP contribution in [-0.2, 0) is 0 Å². The lowest BCUT2D eigenvalue weighted by Gasteiger charge is -2.16. The van der Waals surface area contributed by atoms with Gasteiger partial charge in [0.1, 0.15) is 5.76 Å². The maximum Gasteiger partial charge on any atom is 0.193 e. The van der Waals surface area contributed by atoms with Gasteiger partial charge in [-0.1, -0.05) is 0 Å². The van der Waals surface area contributed by atoms with Crippen molar-refractivity contribution in [2.24, 2.45) is 5.73 Å². The molecular formula is C9H15ClN2O. The number of halogens is 1. The smallest absolute Gasteiger partial charge is 0.193 e. The molecule has 1 unspecified atom stereocenters. The van der Waals surface area contributed by atoms with E-state index in [2.05, 4.69) is 4.90 Å². The summed E-state index contributed by atoms with van der Waals surface area (Å²) in [7, 11) is 4.01. The van der Waals surface area contributed by atoms with Crippen molar-refractivity contribution in [2.75, 3.05) is 27.2 Å². The van der Waals surface area contributed by atoms with Crippen LogP contribution in [0.15, 0.2) is 16.5 Å². The van der Waals surface area contributed by atoms with E-state index >= 15 is 0 Å². The minimum absolute atomic E-state index is 0.225. The molecule has 74 valence electrons. The standard InChI is InChI=1S/C9H15ClN2O/c1-12(2)6-7(5-11)8-3-4-9(10)13-8/h3-4,7H,5-6,11H2,1-2H3. The molecule has 0 amide bonds. The van der Waals surface area contributed by atoms with Crippen LogP contribution < -0.4 is 5.73 Å². The Morgan fingerprint density at radius 3 is 2.62 bits per heavy atom. The van der Waals surface area contributed by atoms with Crippen LogP contribution in [0.5, 0.6) is 0 Å². The highest BCUT2D eigenvalue weighted by molar-refractivity contribution is 6.28. The van der Waals surface area contributed by atoms with Crippen LogP contribution >= 0.6 is 11.6 Å². The third-order valence-electron chi connectivity index (χ3n) is 1.87. The Morgan fingerprint density at radius 1 is 1.54 bits per heavy atom. The molecule has 0 saturated carbocycles. The number of nitrogens with zero attached hydrogens (tertiary/aromatic N) is 1. The maximum absolute atomic E-state index is 5.68. The van der Waals surface area contributed by atoms with Crippen molar-refractivity contribution in [1.29, 1.82) is 0 Å². The van der Waals surface area contributed by atoms with Gasteiger partial charge < -0.3 is 15.1 Å². The summed E-state index contributed by atoms with van der Waals surface area (Å²) in [6, 6.07) is 3.62. The van der Waals surface area contributed by atoms with Gasteiger partial charge in [-0.2, -0.15) is 0 Å². The molecule has 0 aliphatic heterocycles. The molecule has 0 aliphatic rings. The summed E-state index contributed by atoms with van der Waals surface area (Å²) in [5.74, 6) is 1.09. The number of rotatable bonds is 4. The Bertz CT molecular complexity index is 260. The molecular weight excluding hydrogens is 188 g/mol. The van der Waals surface area contributed by atoms with Gasteiger partial charge in [0.05, 0.1) is 0 Å². The Kier molecular flexibility index (Phi) is 3.78. The van der Waals surface area contributed by atoms with E-state index < -0.39 is 0 Å². The highest BCUT2D eigenvalue weighted by atomic mass is 35.5. The summed E-state index contributed by atoms with van der Waals surface area (Å²) >= 11 is 5.68. The zero-order valence-electron chi connectivity index (χ0n) is 7.96. The minimum Gasteiger partial charge on any atom is -0.449 e. The SMILES string of the molecule is CN(C)CC(CN)c1ccc(Cl)o1. The first kappa shape index (κ1) is 10.6. The van der Waals surface area contributed by atoms with Gasteiger partial charge in [0.25, 0.3) is 0 Å². The van der Waals surface area contributed by atoms with Crippen molar-refractivity contribution in [3.8, 4) is 0 Å². The largest absolute Gasteiger partial charge is 0.449 e. The van der Waals surface area contributed by atoms with Gasteiger partial charge in [0.2, 0.25) is 0 Å². The average molecular weight is 203 g/mol. The fourth-order valence-corrected chi connectivity index (χ4v) is 1.42. The van der Waals surface area contributed by atoms with E-state index in [0.29, 0.717) is 11.8 Å². The highest BCUT2D eigenvalue weighted by Gasteiger charge is 2.14. The molecule has 1 atom stereocenters. The van der Waals surface area contributed by atoms with Crippen LogP contribution in [0.2, 0.25) is 5.22 Å². The second kappa shape index (κ2) is 4.65. The van der Waals surface area contributed by atoms with Crippen LogP contribution in [0.3, 0.4) is 0 Å². The van der Waals surface area contributed by atoms with Crippen LogP contribution in [0.1, 0.15) is 11.7 Å². The molecule has 2 N–H and O–H groups in total. The number of furan rings is 1. The molecule has 0 spiro atoms. The molecule has 0 saturated heterocycles. The first-order chi connectivity index (χ1) is 6.13. The molecule has 0 aromatic carbocycles. The zero-order chi connectivity index (χ0) is 9.84. The third kappa shape index (κ3) is 3.03. The lowest BCUT2D eigenvalue weighted by atomic mass is 10.1. The molecule has 0 radical (unpaired) electrons. The molecule has 1 heterocycles. The molecule has 0 bridgehead atoms. The average Bonchev–Trinajstić information content (AvgIpc) is 2.47. The summed E-state index contributed by atoms with van der Waals surface area (Å²) in [4.78, 5) is 2.08. The predicted octanol–water partition coefficient (Wildman–Crippen LogP) is 1.54. The van der Waals surface area contributed by atoms with E-state index in [9.17, 15) is 0 Å². The van der Waals surface area contributed by atoms with E-state index in [0.717, 1.165) is 12.3 Å². The topological polar surface area (TPSA) is 42.4 Å². The van der Waals surface area contributed by atoms with Gasteiger partial charge in [-0.05, 0) is 37.8 Å². The zero-order valence-corrected chi connectivity index (χ0v) is 8.71. The summed E-state index contributed by atoms with van der Waals surface area (Å²) in [5, 5.41) is 0.423. The highest BCUT2D eigenvalue weighted by Crippen LogP contribution is 2.21. The number of hydrogen-bond acceptors (Lipinski definition) is 3. The number of nitrogens with two attached hydrogens (primary N) is 1. The molecule has 1 aromatic heterocycles.